The summed E-state index contributed by atoms with van der Waals surface area (Å²) in [6, 6.07) is 7.62. The van der Waals surface area contributed by atoms with E-state index >= 15 is 0 Å². The maximum atomic E-state index is 12.1. The molecule has 1 aliphatic rings. The van der Waals surface area contributed by atoms with Crippen molar-refractivity contribution in [2.45, 2.75) is 20.4 Å². The number of carbonyl (C=O) groups is 1. The normalized spacial score (nSPS) is 12.5. The van der Waals surface area contributed by atoms with Gasteiger partial charge in [-0.15, -0.1) is 11.3 Å². The fraction of sp³-hybridized carbons (Fsp3) is 0.267. The maximum Gasteiger partial charge on any atom is 0.261 e. The van der Waals surface area contributed by atoms with Crippen molar-refractivity contribution in [1.82, 2.24) is 5.32 Å². The van der Waals surface area contributed by atoms with Gasteiger partial charge in [0, 0.05) is 11.4 Å². The molecule has 0 aliphatic carbocycles. The van der Waals surface area contributed by atoms with Gasteiger partial charge in [-0.3, -0.25) is 4.79 Å². The maximum absolute atomic E-state index is 12.1. The molecule has 0 spiro atoms. The molecule has 20 heavy (non-hydrogen) atoms. The molecular formula is C15H15NO3S. The Hall–Kier alpha value is -2.01. The van der Waals surface area contributed by atoms with E-state index in [1.54, 1.807) is 0 Å². The van der Waals surface area contributed by atoms with Crippen molar-refractivity contribution in [3.05, 3.63) is 45.1 Å². The Labute approximate surface area is 121 Å². The van der Waals surface area contributed by atoms with Gasteiger partial charge < -0.3 is 14.8 Å². The molecule has 1 aliphatic heterocycles. The molecule has 1 amide bonds. The van der Waals surface area contributed by atoms with Crippen LogP contribution < -0.4 is 14.8 Å². The molecule has 4 nitrogen and oxygen atoms in total. The molecule has 2 aromatic rings. The fourth-order valence-corrected chi connectivity index (χ4v) is 2.96. The van der Waals surface area contributed by atoms with Crippen LogP contribution in [0.3, 0.4) is 0 Å². The Morgan fingerprint density at radius 2 is 2.05 bits per heavy atom. The predicted octanol–water partition coefficient (Wildman–Crippen LogP) is 3.02. The zero-order valence-electron chi connectivity index (χ0n) is 11.4. The topological polar surface area (TPSA) is 47.6 Å². The van der Waals surface area contributed by atoms with Gasteiger partial charge in [0.25, 0.3) is 5.91 Å². The van der Waals surface area contributed by atoms with Gasteiger partial charge >= 0.3 is 0 Å². The van der Waals surface area contributed by atoms with Gasteiger partial charge in [-0.1, -0.05) is 6.07 Å². The minimum atomic E-state index is -0.0381. The lowest BCUT2D eigenvalue weighted by Crippen LogP contribution is -2.21. The third-order valence-electron chi connectivity index (χ3n) is 3.28. The molecule has 5 heteroatoms. The number of amides is 1. The molecule has 0 atom stereocenters. The summed E-state index contributed by atoms with van der Waals surface area (Å²) in [7, 11) is 0. The van der Waals surface area contributed by atoms with Crippen molar-refractivity contribution in [1.29, 1.82) is 0 Å². The largest absolute Gasteiger partial charge is 0.454 e. The Balaban J connectivity index is 1.66. The minimum absolute atomic E-state index is 0.0381. The highest BCUT2D eigenvalue weighted by Crippen LogP contribution is 2.32. The monoisotopic (exact) mass is 289 g/mol. The molecule has 0 fully saturated rings. The molecule has 0 bridgehead atoms. The first-order valence-corrected chi connectivity index (χ1v) is 7.19. The van der Waals surface area contributed by atoms with Crippen LogP contribution in [0.5, 0.6) is 11.5 Å². The SMILES string of the molecule is Cc1cc(C(=O)NCc2ccc3c(c2)OCO3)sc1C. The first-order valence-electron chi connectivity index (χ1n) is 6.37. The number of thiophene rings is 1. The first-order chi connectivity index (χ1) is 9.63. The number of hydrogen-bond acceptors (Lipinski definition) is 4. The van der Waals surface area contributed by atoms with Gasteiger partial charge in [0.1, 0.15) is 0 Å². The second-order valence-corrected chi connectivity index (χ2v) is 5.98. The first kappa shape index (κ1) is 13.0. The smallest absolute Gasteiger partial charge is 0.261 e. The number of rotatable bonds is 3. The highest BCUT2D eigenvalue weighted by Gasteiger charge is 2.14. The van der Waals surface area contributed by atoms with E-state index in [-0.39, 0.29) is 12.7 Å². The molecule has 1 aromatic heterocycles. The van der Waals surface area contributed by atoms with Crippen LogP contribution in [0.4, 0.5) is 0 Å². The van der Waals surface area contributed by atoms with E-state index in [1.807, 2.05) is 38.1 Å². The molecule has 0 saturated carbocycles. The van der Waals surface area contributed by atoms with Gasteiger partial charge in [0.2, 0.25) is 6.79 Å². The number of benzene rings is 1. The summed E-state index contributed by atoms with van der Waals surface area (Å²) < 4.78 is 10.6. The highest BCUT2D eigenvalue weighted by molar-refractivity contribution is 7.14. The van der Waals surface area contributed by atoms with Gasteiger partial charge in [0.05, 0.1) is 4.88 Å². The molecular weight excluding hydrogens is 274 g/mol. The Bertz CT molecular complexity index is 644. The van der Waals surface area contributed by atoms with E-state index in [2.05, 4.69) is 5.32 Å². The van der Waals surface area contributed by atoms with Gasteiger partial charge in [-0.05, 0) is 43.2 Å². The molecule has 104 valence electrons. The highest BCUT2D eigenvalue weighted by atomic mass is 32.1. The van der Waals surface area contributed by atoms with E-state index in [0.29, 0.717) is 6.54 Å². The summed E-state index contributed by atoms with van der Waals surface area (Å²) in [4.78, 5) is 14.0. The third-order valence-corrected chi connectivity index (χ3v) is 4.43. The van der Waals surface area contributed by atoms with E-state index in [1.165, 1.54) is 16.2 Å². The number of hydrogen-bond donors (Lipinski definition) is 1. The van der Waals surface area contributed by atoms with E-state index < -0.39 is 0 Å². The lowest BCUT2D eigenvalue weighted by molar-refractivity contribution is 0.0955. The van der Waals surface area contributed by atoms with Gasteiger partial charge in [0.15, 0.2) is 11.5 Å². The molecule has 3 rings (SSSR count). The van der Waals surface area contributed by atoms with Gasteiger partial charge in [-0.25, -0.2) is 0 Å². The summed E-state index contributed by atoms with van der Waals surface area (Å²) in [5.41, 5.74) is 2.15. The van der Waals surface area contributed by atoms with E-state index in [0.717, 1.165) is 27.5 Å². The summed E-state index contributed by atoms with van der Waals surface area (Å²) in [6.07, 6.45) is 0. The van der Waals surface area contributed by atoms with Crippen LogP contribution in [-0.2, 0) is 6.54 Å². The van der Waals surface area contributed by atoms with Crippen molar-refractivity contribution >= 4 is 17.2 Å². The van der Waals surface area contributed by atoms with Crippen molar-refractivity contribution in [2.75, 3.05) is 6.79 Å². The average molecular weight is 289 g/mol. The van der Waals surface area contributed by atoms with Crippen LogP contribution in [-0.4, -0.2) is 12.7 Å². The number of nitrogens with one attached hydrogen (secondary N) is 1. The zero-order chi connectivity index (χ0) is 14.1. The van der Waals surface area contributed by atoms with Crippen LogP contribution in [0.1, 0.15) is 25.7 Å². The quantitative estimate of drug-likeness (QED) is 0.945. The molecule has 0 saturated heterocycles. The van der Waals surface area contributed by atoms with Crippen molar-refractivity contribution < 1.29 is 14.3 Å². The second kappa shape index (κ2) is 5.17. The van der Waals surface area contributed by atoms with E-state index in [4.69, 9.17) is 9.47 Å². The van der Waals surface area contributed by atoms with Crippen LogP contribution in [0.25, 0.3) is 0 Å². The lowest BCUT2D eigenvalue weighted by atomic mass is 10.2. The van der Waals surface area contributed by atoms with Gasteiger partial charge in [-0.2, -0.15) is 0 Å². The summed E-state index contributed by atoms with van der Waals surface area (Å²) in [5, 5.41) is 2.92. The molecule has 1 N–H and O–H groups in total. The van der Waals surface area contributed by atoms with Crippen LogP contribution in [0.15, 0.2) is 24.3 Å². The van der Waals surface area contributed by atoms with Crippen molar-refractivity contribution in [2.24, 2.45) is 0 Å². The Morgan fingerprint density at radius 3 is 2.80 bits per heavy atom. The van der Waals surface area contributed by atoms with E-state index in [9.17, 15) is 4.79 Å². The standard InChI is InChI=1S/C15H15NO3S/c1-9-5-14(20-10(9)2)15(17)16-7-11-3-4-12-13(6-11)19-8-18-12/h3-6H,7-8H2,1-2H3,(H,16,17). The fourth-order valence-electron chi connectivity index (χ4n) is 2.01. The number of aryl methyl sites for hydroxylation is 2. The summed E-state index contributed by atoms with van der Waals surface area (Å²) >= 11 is 1.52. The van der Waals surface area contributed by atoms with Crippen molar-refractivity contribution in [3.8, 4) is 11.5 Å². The van der Waals surface area contributed by atoms with Crippen LogP contribution in [0, 0.1) is 13.8 Å². The second-order valence-electron chi connectivity index (χ2n) is 4.72. The van der Waals surface area contributed by atoms with Crippen LogP contribution >= 0.6 is 11.3 Å². The lowest BCUT2D eigenvalue weighted by Gasteiger charge is -2.05. The summed E-state index contributed by atoms with van der Waals surface area (Å²) in [5.74, 6) is 1.45. The third kappa shape index (κ3) is 2.49. The zero-order valence-corrected chi connectivity index (χ0v) is 12.2. The summed E-state index contributed by atoms with van der Waals surface area (Å²) in [6.45, 7) is 4.78. The predicted molar refractivity (Wildman–Crippen MR) is 77.5 cm³/mol. The number of fused-ring (bicyclic) bond motifs is 1. The number of carbonyl (C=O) groups excluding carboxylic acids is 1. The Morgan fingerprint density at radius 1 is 1.25 bits per heavy atom. The molecule has 0 unspecified atom stereocenters. The molecule has 2 heterocycles. The van der Waals surface area contributed by atoms with Crippen LogP contribution in [0.2, 0.25) is 0 Å². The average Bonchev–Trinajstić information content (AvgIpc) is 3.03. The molecule has 0 radical (unpaired) electrons. The minimum Gasteiger partial charge on any atom is -0.454 e. The molecule has 1 aromatic carbocycles. The number of ether oxygens (including phenoxy) is 2. The Kier molecular flexibility index (Phi) is 3.36. The van der Waals surface area contributed by atoms with Crippen molar-refractivity contribution in [3.63, 3.8) is 0 Å².